The summed E-state index contributed by atoms with van der Waals surface area (Å²) in [6, 6.07) is 7.71. The highest BCUT2D eigenvalue weighted by Gasteiger charge is 1.96. The summed E-state index contributed by atoms with van der Waals surface area (Å²) in [6.07, 6.45) is 1.77. The van der Waals surface area contributed by atoms with Gasteiger partial charge in [-0.25, -0.2) is 4.98 Å². The number of anilines is 2. The molecular formula is C9H9N3S2. The first-order valence-electron chi connectivity index (χ1n) is 4.02. The third kappa shape index (κ3) is 2.40. The van der Waals surface area contributed by atoms with Gasteiger partial charge in [0.2, 0.25) is 0 Å². The Hall–Kier alpha value is -1.20. The van der Waals surface area contributed by atoms with E-state index >= 15 is 0 Å². The molecule has 0 spiro atoms. The van der Waals surface area contributed by atoms with E-state index in [1.807, 2.05) is 29.6 Å². The minimum absolute atomic E-state index is 0.781. The van der Waals surface area contributed by atoms with E-state index in [9.17, 15) is 0 Å². The third-order valence-electron chi connectivity index (χ3n) is 1.57. The van der Waals surface area contributed by atoms with Crippen LogP contribution in [0.1, 0.15) is 0 Å². The molecule has 3 nitrogen and oxygen atoms in total. The van der Waals surface area contributed by atoms with Crippen molar-refractivity contribution in [1.29, 1.82) is 0 Å². The van der Waals surface area contributed by atoms with Crippen LogP contribution in [0.4, 0.5) is 10.8 Å². The molecule has 0 atom stereocenters. The van der Waals surface area contributed by atoms with Crippen molar-refractivity contribution >= 4 is 34.1 Å². The zero-order valence-electron chi connectivity index (χ0n) is 7.31. The molecule has 0 unspecified atom stereocenters. The number of hydrogen-bond donors (Lipinski definition) is 2. The van der Waals surface area contributed by atoms with E-state index in [0.717, 1.165) is 15.7 Å². The summed E-state index contributed by atoms with van der Waals surface area (Å²) in [5, 5.41) is 2.85. The van der Waals surface area contributed by atoms with Gasteiger partial charge in [-0.1, -0.05) is 0 Å². The number of aromatic nitrogens is 1. The van der Waals surface area contributed by atoms with Gasteiger partial charge in [-0.2, -0.15) is 0 Å². The van der Waals surface area contributed by atoms with Crippen LogP contribution < -0.4 is 10.5 Å². The third-order valence-corrected chi connectivity index (χ3v) is 3.19. The molecule has 2 aromatic rings. The number of nitrogens with zero attached hydrogens (tertiary/aromatic N) is 1. The quantitative estimate of drug-likeness (QED) is 0.620. The first kappa shape index (κ1) is 9.36. The monoisotopic (exact) mass is 223 g/mol. The van der Waals surface area contributed by atoms with Gasteiger partial charge in [-0.15, -0.1) is 11.3 Å². The average molecular weight is 223 g/mol. The van der Waals surface area contributed by atoms with E-state index in [1.165, 1.54) is 11.9 Å². The van der Waals surface area contributed by atoms with Crippen molar-refractivity contribution in [1.82, 2.24) is 4.98 Å². The summed E-state index contributed by atoms with van der Waals surface area (Å²) in [5.74, 6) is 0. The van der Waals surface area contributed by atoms with Gasteiger partial charge in [0.25, 0.3) is 0 Å². The lowest BCUT2D eigenvalue weighted by Crippen LogP contribution is -1.86. The van der Waals surface area contributed by atoms with Crippen molar-refractivity contribution in [3.8, 4) is 0 Å². The molecule has 0 aliphatic heterocycles. The molecule has 3 N–H and O–H groups in total. The van der Waals surface area contributed by atoms with Crippen LogP contribution in [-0.2, 0) is 0 Å². The lowest BCUT2D eigenvalue weighted by atomic mass is 10.3. The maximum Gasteiger partial charge on any atom is 0.192 e. The van der Waals surface area contributed by atoms with E-state index in [1.54, 1.807) is 17.5 Å². The minimum Gasteiger partial charge on any atom is -0.399 e. The SMILES string of the molecule is Nc1ccc(SNc2nccs2)cc1. The van der Waals surface area contributed by atoms with Crippen molar-refractivity contribution in [3.05, 3.63) is 35.8 Å². The Kier molecular flexibility index (Phi) is 2.90. The predicted octanol–water partition coefficient (Wildman–Crippen LogP) is 2.84. The molecule has 0 bridgehead atoms. The molecule has 0 saturated heterocycles. The second-order valence-electron chi connectivity index (χ2n) is 2.61. The highest BCUT2D eigenvalue weighted by molar-refractivity contribution is 8.00. The molecule has 0 amide bonds. The Labute approximate surface area is 90.5 Å². The lowest BCUT2D eigenvalue weighted by Gasteiger charge is -2.01. The summed E-state index contributed by atoms with van der Waals surface area (Å²) in [7, 11) is 0. The summed E-state index contributed by atoms with van der Waals surface area (Å²) in [4.78, 5) is 5.23. The zero-order chi connectivity index (χ0) is 9.80. The molecule has 72 valence electrons. The van der Waals surface area contributed by atoms with Crippen LogP contribution in [0.25, 0.3) is 0 Å². The van der Waals surface area contributed by atoms with Crippen LogP contribution in [0.15, 0.2) is 40.7 Å². The zero-order valence-corrected chi connectivity index (χ0v) is 8.94. The smallest absolute Gasteiger partial charge is 0.192 e. The van der Waals surface area contributed by atoms with E-state index in [4.69, 9.17) is 5.73 Å². The predicted molar refractivity (Wildman–Crippen MR) is 62.4 cm³/mol. The molecule has 1 heterocycles. The number of nitrogens with one attached hydrogen (secondary N) is 1. The highest BCUT2D eigenvalue weighted by Crippen LogP contribution is 2.22. The fraction of sp³-hybridized carbons (Fsp3) is 0. The molecule has 0 saturated carbocycles. The van der Waals surface area contributed by atoms with Gasteiger partial charge >= 0.3 is 0 Å². The number of rotatable bonds is 3. The molecule has 0 radical (unpaired) electrons. The van der Waals surface area contributed by atoms with E-state index < -0.39 is 0 Å². The van der Waals surface area contributed by atoms with Gasteiger partial charge in [0.1, 0.15) is 0 Å². The van der Waals surface area contributed by atoms with E-state index in [2.05, 4.69) is 9.71 Å². The summed E-state index contributed by atoms with van der Waals surface area (Å²) in [5.41, 5.74) is 6.36. The normalized spacial score (nSPS) is 10.0. The summed E-state index contributed by atoms with van der Waals surface area (Å²) >= 11 is 3.11. The van der Waals surface area contributed by atoms with Crippen LogP contribution in [-0.4, -0.2) is 4.98 Å². The van der Waals surface area contributed by atoms with Crippen molar-refractivity contribution in [3.63, 3.8) is 0 Å². The molecule has 0 fully saturated rings. The first-order valence-corrected chi connectivity index (χ1v) is 5.72. The maximum atomic E-state index is 5.58. The molecule has 1 aromatic carbocycles. The van der Waals surface area contributed by atoms with E-state index in [-0.39, 0.29) is 0 Å². The number of benzene rings is 1. The Morgan fingerprint density at radius 2 is 2.07 bits per heavy atom. The van der Waals surface area contributed by atoms with Gasteiger partial charge < -0.3 is 10.5 Å². The summed E-state index contributed by atoms with van der Waals surface area (Å²) < 4.78 is 3.14. The Bertz CT molecular complexity index is 383. The van der Waals surface area contributed by atoms with Crippen LogP contribution >= 0.6 is 23.3 Å². The van der Waals surface area contributed by atoms with E-state index in [0.29, 0.717) is 0 Å². The molecule has 2 rings (SSSR count). The van der Waals surface area contributed by atoms with Crippen molar-refractivity contribution in [2.24, 2.45) is 0 Å². The maximum absolute atomic E-state index is 5.58. The van der Waals surface area contributed by atoms with Crippen LogP contribution in [0.5, 0.6) is 0 Å². The second kappa shape index (κ2) is 4.34. The molecule has 1 aromatic heterocycles. The number of nitrogen functional groups attached to an aromatic ring is 1. The number of nitrogens with two attached hydrogens (primary N) is 1. The van der Waals surface area contributed by atoms with Gasteiger partial charge in [0.15, 0.2) is 5.13 Å². The lowest BCUT2D eigenvalue weighted by molar-refractivity contribution is 1.42. The fourth-order valence-electron chi connectivity index (χ4n) is 0.912. The van der Waals surface area contributed by atoms with Gasteiger partial charge in [-0.3, -0.25) is 0 Å². The van der Waals surface area contributed by atoms with Crippen molar-refractivity contribution in [2.45, 2.75) is 4.90 Å². The van der Waals surface area contributed by atoms with Crippen LogP contribution in [0.2, 0.25) is 0 Å². The highest BCUT2D eigenvalue weighted by atomic mass is 32.2. The van der Waals surface area contributed by atoms with Gasteiger partial charge in [-0.05, 0) is 36.2 Å². The molecule has 14 heavy (non-hydrogen) atoms. The average Bonchev–Trinajstić information content (AvgIpc) is 2.70. The number of hydrogen-bond acceptors (Lipinski definition) is 5. The van der Waals surface area contributed by atoms with Gasteiger partial charge in [0, 0.05) is 22.2 Å². The first-order chi connectivity index (χ1) is 6.84. The Balaban J connectivity index is 1.95. The fourth-order valence-corrected chi connectivity index (χ4v) is 2.13. The molecular weight excluding hydrogens is 214 g/mol. The van der Waals surface area contributed by atoms with Crippen molar-refractivity contribution < 1.29 is 0 Å². The molecule has 5 heteroatoms. The van der Waals surface area contributed by atoms with Crippen molar-refractivity contribution in [2.75, 3.05) is 10.5 Å². The topological polar surface area (TPSA) is 50.9 Å². The number of thiazole rings is 1. The van der Waals surface area contributed by atoms with Crippen LogP contribution in [0.3, 0.4) is 0 Å². The largest absolute Gasteiger partial charge is 0.399 e. The Morgan fingerprint density at radius 3 is 2.71 bits per heavy atom. The second-order valence-corrected chi connectivity index (χ2v) is 4.38. The van der Waals surface area contributed by atoms with Crippen LogP contribution in [0, 0.1) is 0 Å². The standard InChI is InChI=1S/C9H9N3S2/c10-7-1-3-8(4-2-7)14-12-9-11-5-6-13-9/h1-6H,10H2,(H,11,12). The molecule has 0 aliphatic carbocycles. The Morgan fingerprint density at radius 1 is 1.29 bits per heavy atom. The van der Waals surface area contributed by atoms with Gasteiger partial charge in [0.05, 0.1) is 0 Å². The molecule has 0 aliphatic rings. The minimum atomic E-state index is 0.781. The summed E-state index contributed by atoms with van der Waals surface area (Å²) in [6.45, 7) is 0.